The molecule has 1 heterocycles. The summed E-state index contributed by atoms with van der Waals surface area (Å²) in [5.74, 6) is 0.340. The van der Waals surface area contributed by atoms with Gasteiger partial charge in [0.2, 0.25) is 5.78 Å². The number of hydrogen-bond donors (Lipinski definition) is 1. The summed E-state index contributed by atoms with van der Waals surface area (Å²) in [5.41, 5.74) is 0.877. The van der Waals surface area contributed by atoms with E-state index in [1.165, 1.54) is 6.08 Å². The van der Waals surface area contributed by atoms with Gasteiger partial charge >= 0.3 is 0 Å². The van der Waals surface area contributed by atoms with E-state index in [0.717, 1.165) is 5.56 Å². The molecule has 3 nitrogen and oxygen atoms in total. The monoisotopic (exact) mass is 262 g/mol. The number of carbonyl (C=O) groups excluding carboxylic acids is 1. The molecule has 1 N–H and O–H groups in total. The Labute approximate surface area is 109 Å². The van der Waals surface area contributed by atoms with Gasteiger partial charge in [0.15, 0.2) is 5.76 Å². The highest BCUT2D eigenvalue weighted by molar-refractivity contribution is 6.30. The average molecular weight is 263 g/mol. The summed E-state index contributed by atoms with van der Waals surface area (Å²) in [6.45, 7) is -0.214. The first-order chi connectivity index (χ1) is 8.69. The van der Waals surface area contributed by atoms with Gasteiger partial charge in [0.05, 0.1) is 0 Å². The smallest absolute Gasteiger partial charge is 0.221 e. The summed E-state index contributed by atoms with van der Waals surface area (Å²) >= 11 is 5.76. The third kappa shape index (κ3) is 3.09. The molecule has 0 aliphatic carbocycles. The van der Waals surface area contributed by atoms with Gasteiger partial charge in [0, 0.05) is 5.02 Å². The van der Waals surface area contributed by atoms with Gasteiger partial charge in [-0.1, -0.05) is 29.8 Å². The highest BCUT2D eigenvalue weighted by Gasteiger charge is 2.07. The Morgan fingerprint density at radius 3 is 2.56 bits per heavy atom. The first kappa shape index (κ1) is 12.6. The molecule has 0 spiro atoms. The first-order valence-electron chi connectivity index (χ1n) is 5.36. The van der Waals surface area contributed by atoms with E-state index < -0.39 is 0 Å². The summed E-state index contributed by atoms with van der Waals surface area (Å²) in [6.07, 6.45) is 3.10. The Hall–Kier alpha value is -1.84. The van der Waals surface area contributed by atoms with Crippen LogP contribution in [0.1, 0.15) is 21.9 Å². The average Bonchev–Trinajstić information content (AvgIpc) is 2.86. The summed E-state index contributed by atoms with van der Waals surface area (Å²) < 4.78 is 5.13. The van der Waals surface area contributed by atoms with Crippen LogP contribution in [0.15, 0.2) is 46.9 Å². The van der Waals surface area contributed by atoms with Gasteiger partial charge in [0.1, 0.15) is 12.4 Å². The van der Waals surface area contributed by atoms with Crippen LogP contribution in [0.2, 0.25) is 5.02 Å². The standard InChI is InChI=1S/C14H11ClO3/c15-11-4-1-10(2-5-11)3-7-13(17)14-8-6-12(9-16)18-14/h1-8,16H,9H2. The quantitative estimate of drug-likeness (QED) is 0.679. The molecular weight excluding hydrogens is 252 g/mol. The number of aliphatic hydroxyl groups is 1. The lowest BCUT2D eigenvalue weighted by molar-refractivity contribution is 0.101. The zero-order valence-electron chi connectivity index (χ0n) is 9.47. The highest BCUT2D eigenvalue weighted by Crippen LogP contribution is 2.12. The molecule has 0 unspecified atom stereocenters. The van der Waals surface area contributed by atoms with Crippen molar-refractivity contribution in [2.75, 3.05) is 0 Å². The van der Waals surface area contributed by atoms with Crippen molar-refractivity contribution in [3.63, 3.8) is 0 Å². The number of hydrogen-bond acceptors (Lipinski definition) is 3. The van der Waals surface area contributed by atoms with Crippen LogP contribution < -0.4 is 0 Å². The van der Waals surface area contributed by atoms with Crippen LogP contribution in [0.25, 0.3) is 6.08 Å². The molecule has 0 aliphatic heterocycles. The second kappa shape index (κ2) is 5.67. The minimum atomic E-state index is -0.246. The molecule has 4 heteroatoms. The maximum atomic E-state index is 11.7. The second-order valence-electron chi connectivity index (χ2n) is 3.67. The lowest BCUT2D eigenvalue weighted by Crippen LogP contribution is -1.90. The van der Waals surface area contributed by atoms with E-state index in [2.05, 4.69) is 0 Å². The maximum Gasteiger partial charge on any atom is 0.221 e. The minimum absolute atomic E-state index is 0.212. The molecule has 2 rings (SSSR count). The lowest BCUT2D eigenvalue weighted by Gasteiger charge is -1.93. The Balaban J connectivity index is 2.09. The van der Waals surface area contributed by atoms with Crippen molar-refractivity contribution in [1.29, 1.82) is 0 Å². The molecule has 18 heavy (non-hydrogen) atoms. The number of furan rings is 1. The molecule has 0 atom stereocenters. The van der Waals surface area contributed by atoms with E-state index in [9.17, 15) is 4.79 Å². The molecule has 0 saturated carbocycles. The van der Waals surface area contributed by atoms with E-state index in [1.54, 1.807) is 30.3 Å². The fraction of sp³-hybridized carbons (Fsp3) is 0.0714. The third-order valence-electron chi connectivity index (χ3n) is 2.36. The zero-order valence-corrected chi connectivity index (χ0v) is 10.2. The Bertz CT molecular complexity index is 567. The van der Waals surface area contributed by atoms with Crippen molar-refractivity contribution >= 4 is 23.5 Å². The number of halogens is 1. The fourth-order valence-corrected chi connectivity index (χ4v) is 1.55. The summed E-state index contributed by atoms with van der Waals surface area (Å²) in [7, 11) is 0. The van der Waals surface area contributed by atoms with E-state index in [-0.39, 0.29) is 18.2 Å². The number of rotatable bonds is 4. The van der Waals surface area contributed by atoms with Gasteiger partial charge in [0.25, 0.3) is 0 Å². The summed E-state index contributed by atoms with van der Waals surface area (Å²) in [5, 5.41) is 9.48. The molecule has 92 valence electrons. The van der Waals surface area contributed by atoms with Crippen molar-refractivity contribution < 1.29 is 14.3 Å². The van der Waals surface area contributed by atoms with Crippen molar-refractivity contribution in [3.05, 3.63) is 64.6 Å². The molecule has 0 saturated heterocycles. The van der Waals surface area contributed by atoms with E-state index in [4.69, 9.17) is 21.1 Å². The first-order valence-corrected chi connectivity index (χ1v) is 5.74. The van der Waals surface area contributed by atoms with Gasteiger partial charge in [-0.25, -0.2) is 0 Å². The van der Waals surface area contributed by atoms with Gasteiger partial charge in [-0.15, -0.1) is 0 Å². The van der Waals surface area contributed by atoms with Crippen molar-refractivity contribution in [1.82, 2.24) is 0 Å². The molecule has 0 bridgehead atoms. The fourth-order valence-electron chi connectivity index (χ4n) is 1.42. The molecule has 0 radical (unpaired) electrons. The predicted molar refractivity (Wildman–Crippen MR) is 69.4 cm³/mol. The SMILES string of the molecule is O=C(C=Cc1ccc(Cl)cc1)c1ccc(CO)o1. The Morgan fingerprint density at radius 1 is 1.22 bits per heavy atom. The maximum absolute atomic E-state index is 11.7. The normalized spacial score (nSPS) is 11.0. The van der Waals surface area contributed by atoms with Crippen molar-refractivity contribution in [3.8, 4) is 0 Å². The van der Waals surface area contributed by atoms with Crippen molar-refractivity contribution in [2.24, 2.45) is 0 Å². The van der Waals surface area contributed by atoms with Crippen molar-refractivity contribution in [2.45, 2.75) is 6.61 Å². The lowest BCUT2D eigenvalue weighted by atomic mass is 10.2. The van der Waals surface area contributed by atoms with Crippen LogP contribution in [-0.4, -0.2) is 10.9 Å². The van der Waals surface area contributed by atoms with Gasteiger partial charge < -0.3 is 9.52 Å². The van der Waals surface area contributed by atoms with Crippen LogP contribution in [0, 0.1) is 0 Å². The number of ketones is 1. The van der Waals surface area contributed by atoms with Gasteiger partial charge in [-0.3, -0.25) is 4.79 Å². The third-order valence-corrected chi connectivity index (χ3v) is 2.61. The van der Waals surface area contributed by atoms with E-state index in [0.29, 0.717) is 10.8 Å². The van der Waals surface area contributed by atoms with Crippen LogP contribution >= 0.6 is 11.6 Å². The molecule has 0 amide bonds. The number of allylic oxidation sites excluding steroid dienone is 1. The van der Waals surface area contributed by atoms with Crippen LogP contribution in [-0.2, 0) is 6.61 Å². The Morgan fingerprint density at radius 2 is 1.94 bits per heavy atom. The molecule has 0 aliphatic rings. The largest absolute Gasteiger partial charge is 0.455 e. The highest BCUT2D eigenvalue weighted by atomic mass is 35.5. The second-order valence-corrected chi connectivity index (χ2v) is 4.11. The minimum Gasteiger partial charge on any atom is -0.455 e. The van der Waals surface area contributed by atoms with Crippen LogP contribution in [0.4, 0.5) is 0 Å². The molecular formula is C14H11ClO3. The number of carbonyl (C=O) groups is 1. The van der Waals surface area contributed by atoms with E-state index in [1.807, 2.05) is 12.1 Å². The predicted octanol–water partition coefficient (Wildman–Crippen LogP) is 3.32. The summed E-state index contributed by atoms with van der Waals surface area (Å²) in [4.78, 5) is 11.7. The van der Waals surface area contributed by atoms with Crippen LogP contribution in [0.3, 0.4) is 0 Å². The zero-order chi connectivity index (χ0) is 13.0. The van der Waals surface area contributed by atoms with E-state index >= 15 is 0 Å². The molecule has 1 aromatic carbocycles. The number of aliphatic hydroxyl groups excluding tert-OH is 1. The van der Waals surface area contributed by atoms with Gasteiger partial charge in [-0.2, -0.15) is 0 Å². The molecule has 2 aromatic rings. The number of benzene rings is 1. The topological polar surface area (TPSA) is 50.4 Å². The summed E-state index contributed by atoms with van der Waals surface area (Å²) in [6, 6.07) is 10.2. The van der Waals surface area contributed by atoms with Gasteiger partial charge in [-0.05, 0) is 35.9 Å². The molecule has 0 fully saturated rings. The Kier molecular flexibility index (Phi) is 3.97. The molecule has 1 aromatic heterocycles. The van der Waals surface area contributed by atoms with Crippen LogP contribution in [0.5, 0.6) is 0 Å².